The molecular weight excluding hydrogens is 516 g/mol. The van der Waals surface area contributed by atoms with Crippen molar-refractivity contribution in [3.8, 4) is 11.4 Å². The monoisotopic (exact) mass is 536 g/mol. The summed E-state index contributed by atoms with van der Waals surface area (Å²) < 4.78 is 5.98. The van der Waals surface area contributed by atoms with Gasteiger partial charge < -0.3 is 9.13 Å². The first-order chi connectivity index (χ1) is 18.3. The highest BCUT2D eigenvalue weighted by Gasteiger charge is 2.21. The van der Waals surface area contributed by atoms with Gasteiger partial charge in [-0.05, 0) is 47.9 Å². The topological polar surface area (TPSA) is 9.86 Å². The molecule has 0 fully saturated rings. The number of para-hydroxylation sites is 3. The van der Waals surface area contributed by atoms with E-state index < -0.39 is 0 Å². The van der Waals surface area contributed by atoms with Crippen LogP contribution in [0, 0.1) is 0 Å². The molecule has 0 spiro atoms. The summed E-state index contributed by atoms with van der Waals surface area (Å²) in [5.74, 6) is 0. The molecule has 0 atom stereocenters. The van der Waals surface area contributed by atoms with Gasteiger partial charge in [0.1, 0.15) is 0 Å². The standard InChI is InChI=1S/C34H21BrN2/c35-28-19-21-31(24-13-5-4-12-23(24)28)37-29-16-8-6-14-25(29)26-18-20-32-33(34(26)37)27-15-7-9-17-30(27)36(32)22-10-2-1-3-11-22/h1-21H. The number of benzene rings is 6. The third kappa shape index (κ3) is 2.86. The average Bonchev–Trinajstić information content (AvgIpc) is 3.47. The van der Waals surface area contributed by atoms with E-state index in [1.807, 2.05) is 0 Å². The van der Waals surface area contributed by atoms with Gasteiger partial charge in [0.05, 0.1) is 27.8 Å². The lowest BCUT2D eigenvalue weighted by molar-refractivity contribution is 1.18. The summed E-state index contributed by atoms with van der Waals surface area (Å²) in [5.41, 5.74) is 7.25. The minimum atomic E-state index is 1.11. The number of hydrogen-bond acceptors (Lipinski definition) is 0. The van der Waals surface area contributed by atoms with Crippen LogP contribution < -0.4 is 0 Å². The molecule has 0 saturated carbocycles. The lowest BCUT2D eigenvalue weighted by Gasteiger charge is -2.13. The van der Waals surface area contributed by atoms with E-state index in [4.69, 9.17) is 0 Å². The first-order valence-corrected chi connectivity index (χ1v) is 13.3. The molecule has 0 aliphatic carbocycles. The van der Waals surface area contributed by atoms with Gasteiger partial charge in [-0.2, -0.15) is 0 Å². The maximum atomic E-state index is 3.78. The first kappa shape index (κ1) is 20.8. The Bertz CT molecular complexity index is 2150. The zero-order chi connectivity index (χ0) is 24.5. The fraction of sp³-hybridized carbons (Fsp3) is 0. The van der Waals surface area contributed by atoms with Crippen molar-refractivity contribution in [2.45, 2.75) is 0 Å². The molecule has 8 rings (SSSR count). The van der Waals surface area contributed by atoms with Gasteiger partial charge in [-0.3, -0.25) is 0 Å². The van der Waals surface area contributed by atoms with Gasteiger partial charge in [-0.25, -0.2) is 0 Å². The number of nitrogens with zero attached hydrogens (tertiary/aromatic N) is 2. The molecule has 0 bridgehead atoms. The van der Waals surface area contributed by atoms with E-state index in [9.17, 15) is 0 Å². The number of aromatic nitrogens is 2. The van der Waals surface area contributed by atoms with Gasteiger partial charge in [0.2, 0.25) is 0 Å². The zero-order valence-electron chi connectivity index (χ0n) is 19.9. The van der Waals surface area contributed by atoms with E-state index in [0.29, 0.717) is 0 Å². The fourth-order valence-electron chi connectivity index (χ4n) is 6.06. The van der Waals surface area contributed by atoms with E-state index in [0.717, 1.165) is 4.47 Å². The van der Waals surface area contributed by atoms with Crippen molar-refractivity contribution < 1.29 is 0 Å². The predicted octanol–water partition coefficient (Wildman–Crippen LogP) is 9.80. The lowest BCUT2D eigenvalue weighted by atomic mass is 10.1. The van der Waals surface area contributed by atoms with Crippen molar-refractivity contribution in [2.75, 3.05) is 0 Å². The summed E-state index contributed by atoms with van der Waals surface area (Å²) in [7, 11) is 0. The van der Waals surface area contributed by atoms with Crippen LogP contribution in [0.2, 0.25) is 0 Å². The zero-order valence-corrected chi connectivity index (χ0v) is 21.5. The highest BCUT2D eigenvalue weighted by Crippen LogP contribution is 2.43. The Balaban J connectivity index is 1.65. The molecule has 0 aliphatic rings. The molecular formula is C34H21BrN2. The van der Waals surface area contributed by atoms with Crippen LogP contribution in [-0.4, -0.2) is 9.13 Å². The number of rotatable bonds is 2. The highest BCUT2D eigenvalue weighted by molar-refractivity contribution is 9.10. The average molecular weight is 537 g/mol. The Morgan fingerprint density at radius 1 is 0.405 bits per heavy atom. The largest absolute Gasteiger partial charge is 0.309 e. The van der Waals surface area contributed by atoms with Gasteiger partial charge in [0, 0.05) is 37.1 Å². The van der Waals surface area contributed by atoms with E-state index in [2.05, 4.69) is 152 Å². The molecule has 2 nitrogen and oxygen atoms in total. The van der Waals surface area contributed by atoms with Gasteiger partial charge in [0.15, 0.2) is 0 Å². The van der Waals surface area contributed by atoms with Crippen molar-refractivity contribution in [2.24, 2.45) is 0 Å². The summed E-state index contributed by atoms with van der Waals surface area (Å²) in [4.78, 5) is 0. The van der Waals surface area contributed by atoms with Crippen molar-refractivity contribution in [1.29, 1.82) is 0 Å². The van der Waals surface area contributed by atoms with Gasteiger partial charge in [-0.1, -0.05) is 101 Å². The second-order valence-corrected chi connectivity index (χ2v) is 10.4. The molecule has 2 aromatic heterocycles. The second kappa shape index (κ2) is 7.83. The Morgan fingerprint density at radius 2 is 1.03 bits per heavy atom. The Hall–Kier alpha value is -4.34. The minimum Gasteiger partial charge on any atom is -0.309 e. The maximum absolute atomic E-state index is 3.78. The molecule has 3 heteroatoms. The molecule has 2 heterocycles. The van der Waals surface area contributed by atoms with Crippen LogP contribution in [0.5, 0.6) is 0 Å². The van der Waals surface area contributed by atoms with Gasteiger partial charge >= 0.3 is 0 Å². The second-order valence-electron chi connectivity index (χ2n) is 9.51. The number of fused-ring (bicyclic) bond motifs is 8. The van der Waals surface area contributed by atoms with Gasteiger partial charge in [0.25, 0.3) is 0 Å². The maximum Gasteiger partial charge on any atom is 0.0641 e. The van der Waals surface area contributed by atoms with Crippen LogP contribution in [0.25, 0.3) is 65.8 Å². The first-order valence-electron chi connectivity index (χ1n) is 12.5. The summed E-state index contributed by atoms with van der Waals surface area (Å²) in [6.45, 7) is 0. The van der Waals surface area contributed by atoms with Crippen LogP contribution >= 0.6 is 15.9 Å². The summed E-state index contributed by atoms with van der Waals surface area (Å²) in [6, 6.07) is 45.9. The SMILES string of the molecule is Brc1ccc(-n2c3ccccc3c3ccc4c(c5ccccc5n4-c4ccccc4)c32)c2ccccc12. The number of halogens is 1. The third-order valence-corrected chi connectivity index (χ3v) is 8.26. The molecule has 37 heavy (non-hydrogen) atoms. The Morgan fingerprint density at radius 3 is 1.81 bits per heavy atom. The highest BCUT2D eigenvalue weighted by atomic mass is 79.9. The minimum absolute atomic E-state index is 1.11. The summed E-state index contributed by atoms with van der Waals surface area (Å²) >= 11 is 3.78. The van der Waals surface area contributed by atoms with Crippen molar-refractivity contribution >= 4 is 70.3 Å². The fourth-order valence-corrected chi connectivity index (χ4v) is 6.53. The van der Waals surface area contributed by atoms with Crippen molar-refractivity contribution in [3.05, 3.63) is 132 Å². The molecule has 0 radical (unpaired) electrons. The molecule has 0 unspecified atom stereocenters. The van der Waals surface area contributed by atoms with E-state index in [1.54, 1.807) is 0 Å². The summed E-state index contributed by atoms with van der Waals surface area (Å²) in [6.07, 6.45) is 0. The Labute approximate surface area is 222 Å². The van der Waals surface area contributed by atoms with Gasteiger partial charge in [-0.15, -0.1) is 0 Å². The molecule has 0 aliphatic heterocycles. The molecule has 0 N–H and O–H groups in total. The molecule has 8 aromatic rings. The predicted molar refractivity (Wildman–Crippen MR) is 160 cm³/mol. The smallest absolute Gasteiger partial charge is 0.0641 e. The third-order valence-electron chi connectivity index (χ3n) is 7.57. The lowest BCUT2D eigenvalue weighted by Crippen LogP contribution is -1.96. The molecule has 6 aromatic carbocycles. The Kier molecular flexibility index (Phi) is 4.40. The van der Waals surface area contributed by atoms with Crippen LogP contribution in [0.15, 0.2) is 132 Å². The van der Waals surface area contributed by atoms with E-state index in [1.165, 1.54) is 65.8 Å². The summed E-state index contributed by atoms with van der Waals surface area (Å²) in [5, 5.41) is 7.51. The van der Waals surface area contributed by atoms with Crippen LogP contribution in [-0.2, 0) is 0 Å². The van der Waals surface area contributed by atoms with Crippen LogP contribution in [0.4, 0.5) is 0 Å². The normalized spacial score (nSPS) is 11.9. The van der Waals surface area contributed by atoms with Crippen molar-refractivity contribution in [1.82, 2.24) is 9.13 Å². The number of hydrogen-bond donors (Lipinski definition) is 0. The van der Waals surface area contributed by atoms with E-state index >= 15 is 0 Å². The molecule has 0 saturated heterocycles. The molecule has 0 amide bonds. The van der Waals surface area contributed by atoms with E-state index in [-0.39, 0.29) is 0 Å². The van der Waals surface area contributed by atoms with Crippen LogP contribution in [0.1, 0.15) is 0 Å². The van der Waals surface area contributed by atoms with Crippen LogP contribution in [0.3, 0.4) is 0 Å². The van der Waals surface area contributed by atoms with Crippen molar-refractivity contribution in [3.63, 3.8) is 0 Å². The quantitative estimate of drug-likeness (QED) is 0.208. The molecule has 174 valence electrons.